The van der Waals surface area contributed by atoms with Crippen molar-refractivity contribution in [2.75, 3.05) is 6.61 Å². The number of aliphatic carboxylic acids is 1. The quantitative estimate of drug-likeness (QED) is 0.129. The molecule has 0 saturated heterocycles. The van der Waals surface area contributed by atoms with E-state index in [0.717, 1.165) is 5.56 Å². The van der Waals surface area contributed by atoms with Gasteiger partial charge >= 0.3 is 11.7 Å². The number of carboxylic acid groups (broad SMARTS) is 1. The van der Waals surface area contributed by atoms with E-state index in [4.69, 9.17) is 14.1 Å². The van der Waals surface area contributed by atoms with Crippen LogP contribution < -0.4 is 14.8 Å². The summed E-state index contributed by atoms with van der Waals surface area (Å²) in [5, 5.41) is 51.0. The van der Waals surface area contributed by atoms with Gasteiger partial charge < -0.3 is 19.7 Å². The molecule has 13 heteroatoms. The zero-order valence-corrected chi connectivity index (χ0v) is 23.0. The van der Waals surface area contributed by atoms with Crippen LogP contribution in [-0.2, 0) is 24.6 Å². The number of carboxylic acids is 1. The van der Waals surface area contributed by atoms with Crippen molar-refractivity contribution in [1.82, 2.24) is 15.6 Å². The standard InChI is InChI=1S/C31H25N5O8/c32-14-24-21(7-4-8-23(24)20-5-2-1-3-6-20)18-43-30-13-29(42-17-19-9-10-25-26(11-19)35-44-34-25)22(12-28(30)36(40)41)15-33-27(16-37)31(38)39/h1-13,27,33,37H,15-18H2,(H,38,39)/t27-/m1/s1. The molecule has 5 rings (SSSR count). The van der Waals surface area contributed by atoms with Gasteiger partial charge in [-0.15, -0.1) is 0 Å². The van der Waals surface area contributed by atoms with Crippen molar-refractivity contribution < 1.29 is 34.0 Å². The maximum absolute atomic E-state index is 12.1. The van der Waals surface area contributed by atoms with Gasteiger partial charge in [-0.3, -0.25) is 20.2 Å². The van der Waals surface area contributed by atoms with Gasteiger partial charge in [-0.1, -0.05) is 54.6 Å². The van der Waals surface area contributed by atoms with E-state index < -0.39 is 29.2 Å². The highest BCUT2D eigenvalue weighted by atomic mass is 16.6. The lowest BCUT2D eigenvalue weighted by molar-refractivity contribution is -0.386. The Morgan fingerprint density at radius 2 is 1.75 bits per heavy atom. The summed E-state index contributed by atoms with van der Waals surface area (Å²) >= 11 is 0. The Hall–Kier alpha value is -5.84. The third kappa shape index (κ3) is 6.62. The number of hydrogen-bond acceptors (Lipinski definition) is 11. The molecule has 0 aliphatic carbocycles. The van der Waals surface area contributed by atoms with E-state index in [-0.39, 0.29) is 36.8 Å². The Morgan fingerprint density at radius 1 is 0.977 bits per heavy atom. The van der Waals surface area contributed by atoms with Crippen LogP contribution in [0, 0.1) is 21.4 Å². The summed E-state index contributed by atoms with van der Waals surface area (Å²) in [4.78, 5) is 22.9. The minimum absolute atomic E-state index is 0.0209. The molecule has 0 aliphatic rings. The Labute approximate surface area is 250 Å². The van der Waals surface area contributed by atoms with E-state index in [1.165, 1.54) is 12.1 Å². The monoisotopic (exact) mass is 595 g/mol. The van der Waals surface area contributed by atoms with Crippen molar-refractivity contribution in [2.45, 2.75) is 25.8 Å². The van der Waals surface area contributed by atoms with Gasteiger partial charge in [-0.25, -0.2) is 4.63 Å². The average molecular weight is 596 g/mol. The Morgan fingerprint density at radius 3 is 2.48 bits per heavy atom. The van der Waals surface area contributed by atoms with Gasteiger partial charge in [0.25, 0.3) is 0 Å². The van der Waals surface area contributed by atoms with Crippen LogP contribution in [-0.4, -0.2) is 44.1 Å². The van der Waals surface area contributed by atoms with Crippen LogP contribution in [0.25, 0.3) is 22.2 Å². The lowest BCUT2D eigenvalue weighted by atomic mass is 9.96. The van der Waals surface area contributed by atoms with Crippen LogP contribution in [0.5, 0.6) is 11.5 Å². The molecule has 0 amide bonds. The number of fused-ring (bicyclic) bond motifs is 1. The van der Waals surface area contributed by atoms with Crippen LogP contribution in [0.1, 0.15) is 22.3 Å². The largest absolute Gasteiger partial charge is 0.488 e. The lowest BCUT2D eigenvalue weighted by Crippen LogP contribution is -2.39. The second kappa shape index (κ2) is 13.4. The molecule has 0 bridgehead atoms. The number of nitro benzene ring substituents is 1. The number of aromatic nitrogens is 2. The van der Waals surface area contributed by atoms with Crippen molar-refractivity contribution in [3.8, 4) is 28.7 Å². The van der Waals surface area contributed by atoms with Crippen molar-refractivity contribution in [3.05, 3.63) is 111 Å². The van der Waals surface area contributed by atoms with Gasteiger partial charge in [0.15, 0.2) is 0 Å². The number of benzene rings is 4. The zero-order valence-electron chi connectivity index (χ0n) is 23.0. The van der Waals surface area contributed by atoms with Gasteiger partial charge in [-0.05, 0) is 39.1 Å². The van der Waals surface area contributed by atoms with E-state index in [9.17, 15) is 30.4 Å². The second-order valence-corrected chi connectivity index (χ2v) is 9.62. The van der Waals surface area contributed by atoms with E-state index in [1.807, 2.05) is 36.4 Å². The SMILES string of the molecule is N#Cc1c(COc2cc(OCc3ccc4nonc4c3)c(CN[C@H](CO)C(=O)O)cc2[N+](=O)[O-])cccc1-c1ccccc1. The molecule has 222 valence electrons. The van der Waals surface area contributed by atoms with Crippen LogP contribution in [0.4, 0.5) is 5.69 Å². The number of aliphatic hydroxyl groups excluding tert-OH is 1. The van der Waals surface area contributed by atoms with Crippen LogP contribution in [0.15, 0.2) is 83.5 Å². The number of nitrogens with zero attached hydrogens (tertiary/aromatic N) is 4. The fraction of sp³-hybridized carbons (Fsp3) is 0.161. The van der Waals surface area contributed by atoms with Crippen molar-refractivity contribution in [2.24, 2.45) is 0 Å². The topological polar surface area (TPSA) is 194 Å². The molecule has 1 aromatic heterocycles. The van der Waals surface area contributed by atoms with E-state index in [2.05, 4.69) is 21.7 Å². The Balaban J connectivity index is 1.46. The summed E-state index contributed by atoms with van der Waals surface area (Å²) in [5.74, 6) is -1.22. The van der Waals surface area contributed by atoms with Gasteiger partial charge in [0.1, 0.15) is 42.1 Å². The molecule has 0 unspecified atom stereocenters. The number of nitro groups is 1. The number of rotatable bonds is 13. The number of aliphatic hydroxyl groups is 1. The summed E-state index contributed by atoms with van der Waals surface area (Å²) in [6, 6.07) is 23.3. The summed E-state index contributed by atoms with van der Waals surface area (Å²) in [6.07, 6.45) is 0. The van der Waals surface area contributed by atoms with Gasteiger partial charge in [0.2, 0.25) is 5.75 Å². The first-order chi connectivity index (χ1) is 21.4. The normalized spacial score (nSPS) is 11.5. The van der Waals surface area contributed by atoms with Gasteiger partial charge in [-0.2, -0.15) is 5.26 Å². The highest BCUT2D eigenvalue weighted by Crippen LogP contribution is 2.36. The minimum Gasteiger partial charge on any atom is -0.488 e. The Kier molecular flexibility index (Phi) is 9.05. The maximum atomic E-state index is 12.1. The number of nitriles is 1. The maximum Gasteiger partial charge on any atom is 0.323 e. The average Bonchev–Trinajstić information content (AvgIpc) is 3.51. The fourth-order valence-electron chi connectivity index (χ4n) is 4.53. The molecule has 44 heavy (non-hydrogen) atoms. The molecule has 0 radical (unpaired) electrons. The molecule has 0 aliphatic heterocycles. The van der Waals surface area contributed by atoms with Crippen LogP contribution in [0.3, 0.4) is 0 Å². The molecule has 4 aromatic carbocycles. The molecule has 5 aromatic rings. The number of carbonyl (C=O) groups is 1. The molecule has 3 N–H and O–H groups in total. The summed E-state index contributed by atoms with van der Waals surface area (Å²) < 4.78 is 16.7. The van der Waals surface area contributed by atoms with Crippen molar-refractivity contribution in [1.29, 1.82) is 5.26 Å². The first-order valence-corrected chi connectivity index (χ1v) is 13.3. The fourth-order valence-corrected chi connectivity index (χ4v) is 4.53. The lowest BCUT2D eigenvalue weighted by Gasteiger charge is -2.17. The predicted octanol–water partition coefficient (Wildman–Crippen LogP) is 4.36. The third-order valence-corrected chi connectivity index (χ3v) is 6.80. The van der Waals surface area contributed by atoms with E-state index in [1.54, 1.807) is 30.3 Å². The molecular weight excluding hydrogens is 570 g/mol. The molecular formula is C31H25N5O8. The first kappa shape index (κ1) is 29.6. The third-order valence-electron chi connectivity index (χ3n) is 6.80. The van der Waals surface area contributed by atoms with Crippen molar-refractivity contribution in [3.63, 3.8) is 0 Å². The van der Waals surface area contributed by atoms with Crippen LogP contribution >= 0.6 is 0 Å². The van der Waals surface area contributed by atoms with E-state index >= 15 is 0 Å². The highest BCUT2D eigenvalue weighted by molar-refractivity contribution is 5.74. The summed E-state index contributed by atoms with van der Waals surface area (Å²) in [5.41, 5.74) is 4.08. The Bertz CT molecular complexity index is 1850. The smallest absolute Gasteiger partial charge is 0.323 e. The summed E-state index contributed by atoms with van der Waals surface area (Å²) in [7, 11) is 0. The molecule has 0 saturated carbocycles. The molecule has 1 atom stereocenters. The molecule has 0 fully saturated rings. The number of hydrogen-bond donors (Lipinski definition) is 3. The number of ether oxygens (including phenoxy) is 2. The predicted molar refractivity (Wildman–Crippen MR) is 156 cm³/mol. The molecule has 1 heterocycles. The van der Waals surface area contributed by atoms with Gasteiger partial charge in [0.05, 0.1) is 17.1 Å². The molecule has 13 nitrogen and oxygen atoms in total. The first-order valence-electron chi connectivity index (χ1n) is 13.3. The zero-order chi connectivity index (χ0) is 31.1. The minimum atomic E-state index is -1.30. The van der Waals surface area contributed by atoms with Crippen LogP contribution in [0.2, 0.25) is 0 Å². The van der Waals surface area contributed by atoms with Crippen molar-refractivity contribution >= 4 is 22.7 Å². The number of nitrogens with one attached hydrogen (secondary N) is 1. The summed E-state index contributed by atoms with van der Waals surface area (Å²) in [6.45, 7) is -0.988. The second-order valence-electron chi connectivity index (χ2n) is 9.62. The molecule has 0 spiro atoms. The van der Waals surface area contributed by atoms with E-state index in [0.29, 0.717) is 33.3 Å². The van der Waals surface area contributed by atoms with Gasteiger partial charge in [0, 0.05) is 29.8 Å². The highest BCUT2D eigenvalue weighted by Gasteiger charge is 2.23.